The van der Waals surface area contributed by atoms with Gasteiger partial charge in [-0.15, -0.1) is 0 Å². The molecule has 2 saturated carbocycles. The number of hydrogen-bond acceptors (Lipinski definition) is 4. The van der Waals surface area contributed by atoms with Gasteiger partial charge in [-0.2, -0.15) is 0 Å². The van der Waals surface area contributed by atoms with Gasteiger partial charge in [0.25, 0.3) is 5.91 Å². The van der Waals surface area contributed by atoms with E-state index in [0.29, 0.717) is 23.2 Å². The maximum atomic E-state index is 12.9. The van der Waals surface area contributed by atoms with Gasteiger partial charge in [0, 0.05) is 37.3 Å². The van der Waals surface area contributed by atoms with Crippen molar-refractivity contribution in [3.63, 3.8) is 0 Å². The van der Waals surface area contributed by atoms with Crippen LogP contribution in [-0.2, 0) is 21.4 Å². The fourth-order valence-corrected chi connectivity index (χ4v) is 4.49. The van der Waals surface area contributed by atoms with Crippen molar-refractivity contribution in [3.8, 4) is 0 Å². The highest BCUT2D eigenvalue weighted by Gasteiger charge is 2.36. The third kappa shape index (κ3) is 5.71. The van der Waals surface area contributed by atoms with Gasteiger partial charge in [0.05, 0.1) is 4.90 Å². The number of anilines is 1. The molecular weight excluding hydrogens is 414 g/mol. The van der Waals surface area contributed by atoms with Crippen molar-refractivity contribution in [2.45, 2.75) is 50.1 Å². The third-order valence-electron chi connectivity index (χ3n) is 5.55. The molecule has 164 valence electrons. The Hall–Kier alpha value is -2.71. The Morgan fingerprint density at radius 3 is 2.16 bits per heavy atom. The van der Waals surface area contributed by atoms with E-state index >= 15 is 0 Å². The average molecular weight is 442 g/mol. The number of hydrogen-bond donors (Lipinski definition) is 2. The highest BCUT2D eigenvalue weighted by Crippen LogP contribution is 2.35. The largest absolute Gasteiger partial charge is 0.335 e. The quantitative estimate of drug-likeness (QED) is 0.625. The fraction of sp³-hybridized carbons (Fsp3) is 0.391. The van der Waals surface area contributed by atoms with Crippen LogP contribution in [0, 0.1) is 5.92 Å². The molecule has 31 heavy (non-hydrogen) atoms. The lowest BCUT2D eigenvalue weighted by atomic mass is 10.1. The summed E-state index contributed by atoms with van der Waals surface area (Å²) in [6.07, 6.45) is 4.60. The van der Waals surface area contributed by atoms with Crippen LogP contribution in [0.25, 0.3) is 0 Å². The summed E-state index contributed by atoms with van der Waals surface area (Å²) in [5.41, 5.74) is 1.96. The number of benzene rings is 2. The van der Waals surface area contributed by atoms with Crippen molar-refractivity contribution in [2.24, 2.45) is 5.92 Å². The predicted molar refractivity (Wildman–Crippen MR) is 118 cm³/mol. The summed E-state index contributed by atoms with van der Waals surface area (Å²) in [4.78, 5) is 26.1. The Morgan fingerprint density at radius 1 is 0.968 bits per heavy atom. The molecule has 7 nitrogen and oxygen atoms in total. The molecule has 0 saturated heterocycles. The third-order valence-corrected chi connectivity index (χ3v) is 6.97. The predicted octanol–water partition coefficient (Wildman–Crippen LogP) is 3.14. The van der Waals surface area contributed by atoms with E-state index in [4.69, 9.17) is 0 Å². The minimum Gasteiger partial charge on any atom is -0.335 e. The van der Waals surface area contributed by atoms with Gasteiger partial charge in [0.15, 0.2) is 0 Å². The van der Waals surface area contributed by atoms with Gasteiger partial charge in [-0.25, -0.2) is 13.1 Å². The SMILES string of the molecule is CC(=O)Nc1ccc(S(=O)(=O)NCc2ccc(C(=O)N(CC3CC3)C3CC3)cc2)cc1. The molecule has 8 heteroatoms. The van der Waals surface area contributed by atoms with E-state index < -0.39 is 10.0 Å². The van der Waals surface area contributed by atoms with E-state index in [1.807, 2.05) is 4.90 Å². The van der Waals surface area contributed by atoms with Crippen LogP contribution in [0.3, 0.4) is 0 Å². The molecule has 2 fully saturated rings. The van der Waals surface area contributed by atoms with Gasteiger partial charge in [-0.1, -0.05) is 12.1 Å². The molecule has 0 spiro atoms. The molecule has 0 aliphatic heterocycles. The number of carbonyl (C=O) groups excluding carboxylic acids is 2. The van der Waals surface area contributed by atoms with E-state index in [-0.39, 0.29) is 23.3 Å². The standard InChI is InChI=1S/C23H27N3O4S/c1-16(27)25-20-8-12-22(13-9-20)31(29,30)24-14-17-4-6-19(7-5-17)23(28)26(21-10-11-21)15-18-2-3-18/h4-9,12-13,18,21,24H,2-3,10-11,14-15H2,1H3,(H,25,27). The van der Waals surface area contributed by atoms with E-state index in [1.54, 1.807) is 36.4 Å². The molecular formula is C23H27N3O4S. The zero-order valence-corrected chi connectivity index (χ0v) is 18.3. The Morgan fingerprint density at radius 2 is 1.61 bits per heavy atom. The van der Waals surface area contributed by atoms with Gasteiger partial charge in [0.2, 0.25) is 15.9 Å². The number of nitrogens with one attached hydrogen (secondary N) is 2. The van der Waals surface area contributed by atoms with Crippen LogP contribution in [0.1, 0.15) is 48.5 Å². The normalized spacial score (nSPS) is 16.0. The van der Waals surface area contributed by atoms with Gasteiger partial charge in [0.1, 0.15) is 0 Å². The molecule has 4 rings (SSSR count). The van der Waals surface area contributed by atoms with Crippen molar-refractivity contribution in [1.29, 1.82) is 0 Å². The van der Waals surface area contributed by atoms with Crippen LogP contribution in [0.15, 0.2) is 53.4 Å². The Bertz CT molecular complexity index is 1060. The van der Waals surface area contributed by atoms with E-state index in [2.05, 4.69) is 10.0 Å². The average Bonchev–Trinajstić information content (AvgIpc) is 3.65. The van der Waals surface area contributed by atoms with Crippen molar-refractivity contribution >= 4 is 27.5 Å². The van der Waals surface area contributed by atoms with Crippen molar-refractivity contribution < 1.29 is 18.0 Å². The zero-order chi connectivity index (χ0) is 22.0. The van der Waals surface area contributed by atoms with Crippen LogP contribution in [-0.4, -0.2) is 37.7 Å². The van der Waals surface area contributed by atoms with Crippen LogP contribution in [0.2, 0.25) is 0 Å². The highest BCUT2D eigenvalue weighted by molar-refractivity contribution is 7.89. The lowest BCUT2D eigenvalue weighted by Gasteiger charge is -2.22. The molecule has 0 radical (unpaired) electrons. The number of amides is 2. The minimum atomic E-state index is -3.69. The lowest BCUT2D eigenvalue weighted by molar-refractivity contribution is -0.114. The minimum absolute atomic E-state index is 0.0702. The molecule has 2 aliphatic carbocycles. The second kappa shape index (κ2) is 8.80. The first-order chi connectivity index (χ1) is 14.8. The lowest BCUT2D eigenvalue weighted by Crippen LogP contribution is -2.34. The maximum absolute atomic E-state index is 12.9. The van der Waals surface area contributed by atoms with E-state index in [1.165, 1.54) is 31.9 Å². The monoisotopic (exact) mass is 441 g/mol. The van der Waals surface area contributed by atoms with Crippen LogP contribution >= 0.6 is 0 Å². The van der Waals surface area contributed by atoms with Crippen LogP contribution < -0.4 is 10.0 Å². The summed E-state index contributed by atoms with van der Waals surface area (Å²) in [7, 11) is -3.69. The number of nitrogens with zero attached hydrogens (tertiary/aromatic N) is 1. The van der Waals surface area contributed by atoms with Crippen molar-refractivity contribution in [3.05, 3.63) is 59.7 Å². The second-order valence-corrected chi connectivity index (χ2v) is 10.1. The summed E-state index contributed by atoms with van der Waals surface area (Å²) in [6.45, 7) is 2.37. The molecule has 2 amide bonds. The Balaban J connectivity index is 1.36. The van der Waals surface area contributed by atoms with Gasteiger partial charge in [-0.05, 0) is 73.6 Å². The molecule has 0 bridgehead atoms. The molecule has 0 atom stereocenters. The van der Waals surface area contributed by atoms with E-state index in [0.717, 1.165) is 24.9 Å². The topological polar surface area (TPSA) is 95.6 Å². The molecule has 0 aromatic heterocycles. The molecule has 0 unspecified atom stereocenters. The van der Waals surface area contributed by atoms with Crippen molar-refractivity contribution in [1.82, 2.24) is 9.62 Å². The molecule has 2 aliphatic rings. The van der Waals surface area contributed by atoms with Gasteiger partial charge >= 0.3 is 0 Å². The molecule has 2 aromatic rings. The fourth-order valence-electron chi connectivity index (χ4n) is 3.48. The van der Waals surface area contributed by atoms with Gasteiger partial charge in [-0.3, -0.25) is 9.59 Å². The molecule has 0 heterocycles. The Kier molecular flexibility index (Phi) is 6.11. The first kappa shape index (κ1) is 21.5. The maximum Gasteiger partial charge on any atom is 0.254 e. The number of sulfonamides is 1. The first-order valence-corrected chi connectivity index (χ1v) is 12.1. The smallest absolute Gasteiger partial charge is 0.254 e. The summed E-state index contributed by atoms with van der Waals surface area (Å²) in [5.74, 6) is 0.509. The van der Waals surface area contributed by atoms with Gasteiger partial charge < -0.3 is 10.2 Å². The van der Waals surface area contributed by atoms with Crippen LogP contribution in [0.5, 0.6) is 0 Å². The second-order valence-electron chi connectivity index (χ2n) is 8.36. The number of rotatable bonds is 9. The zero-order valence-electron chi connectivity index (χ0n) is 17.5. The highest BCUT2D eigenvalue weighted by atomic mass is 32.2. The van der Waals surface area contributed by atoms with E-state index in [9.17, 15) is 18.0 Å². The summed E-state index contributed by atoms with van der Waals surface area (Å²) < 4.78 is 27.6. The number of carbonyl (C=O) groups is 2. The van der Waals surface area contributed by atoms with Crippen LogP contribution in [0.4, 0.5) is 5.69 Å². The first-order valence-electron chi connectivity index (χ1n) is 10.6. The summed E-state index contributed by atoms with van der Waals surface area (Å²) in [5, 5.41) is 2.60. The molecule has 2 N–H and O–H groups in total. The Labute approximate surface area is 182 Å². The van der Waals surface area contributed by atoms with Crippen molar-refractivity contribution in [2.75, 3.05) is 11.9 Å². The summed E-state index contributed by atoms with van der Waals surface area (Å²) >= 11 is 0. The molecule has 2 aromatic carbocycles. The summed E-state index contributed by atoms with van der Waals surface area (Å²) in [6, 6.07) is 13.5.